The Morgan fingerprint density at radius 2 is 1.69 bits per heavy atom. The molecule has 8 nitrogen and oxygen atoms in total. The van der Waals surface area contributed by atoms with Crippen LogP contribution in [0.15, 0.2) is 76.2 Å². The third-order valence-electron chi connectivity index (χ3n) is 4.66. The molecular formula is C22H21ClN2O6S. The van der Waals surface area contributed by atoms with E-state index in [4.69, 9.17) is 20.8 Å². The first-order chi connectivity index (χ1) is 15.3. The summed E-state index contributed by atoms with van der Waals surface area (Å²) < 4.78 is 36.8. The van der Waals surface area contributed by atoms with E-state index < -0.39 is 26.9 Å². The maximum Gasteiger partial charge on any atom is 0.309 e. The van der Waals surface area contributed by atoms with Gasteiger partial charge >= 0.3 is 11.8 Å². The number of carbonyl (C=O) groups is 2. The molecule has 2 N–H and O–H groups in total. The molecular weight excluding hydrogens is 456 g/mol. The Morgan fingerprint density at radius 1 is 1.00 bits per heavy atom. The molecule has 0 aliphatic heterocycles. The van der Waals surface area contributed by atoms with Crippen molar-refractivity contribution in [3.05, 3.63) is 83.3 Å². The molecule has 168 valence electrons. The molecule has 0 aliphatic rings. The molecule has 1 heterocycles. The Labute approximate surface area is 190 Å². The number of nitrogens with one attached hydrogen (secondary N) is 2. The molecule has 0 unspecified atom stereocenters. The van der Waals surface area contributed by atoms with Crippen molar-refractivity contribution in [1.82, 2.24) is 10.6 Å². The lowest BCUT2D eigenvalue weighted by Crippen LogP contribution is -2.42. The average Bonchev–Trinajstić information content (AvgIpc) is 3.32. The van der Waals surface area contributed by atoms with Gasteiger partial charge in [0.05, 0.1) is 18.3 Å². The van der Waals surface area contributed by atoms with E-state index in [9.17, 15) is 18.0 Å². The second-order valence-electron chi connectivity index (χ2n) is 6.71. The van der Waals surface area contributed by atoms with E-state index in [1.165, 1.54) is 43.7 Å². The number of ether oxygens (including phenoxy) is 1. The quantitative estimate of drug-likeness (QED) is 0.483. The molecule has 0 radical (unpaired) electrons. The van der Waals surface area contributed by atoms with Crippen LogP contribution in [0.3, 0.4) is 0 Å². The summed E-state index contributed by atoms with van der Waals surface area (Å²) in [5.41, 5.74) is 0.690. The zero-order valence-corrected chi connectivity index (χ0v) is 18.7. The van der Waals surface area contributed by atoms with Gasteiger partial charge in [-0.2, -0.15) is 0 Å². The minimum absolute atomic E-state index is 0.0122. The maximum atomic E-state index is 13.1. The molecule has 0 saturated heterocycles. The lowest BCUT2D eigenvalue weighted by Gasteiger charge is -2.17. The summed E-state index contributed by atoms with van der Waals surface area (Å²) in [5.74, 6) is -1.17. The molecule has 3 aromatic rings. The molecule has 0 bridgehead atoms. The second kappa shape index (κ2) is 10.3. The highest BCUT2D eigenvalue weighted by atomic mass is 35.5. The van der Waals surface area contributed by atoms with Crippen LogP contribution in [0.25, 0.3) is 0 Å². The number of amides is 2. The Bertz CT molecular complexity index is 1180. The molecule has 0 fully saturated rings. The van der Waals surface area contributed by atoms with Crippen molar-refractivity contribution in [3.63, 3.8) is 0 Å². The molecule has 0 aliphatic carbocycles. The normalized spacial score (nSPS) is 12.1. The fourth-order valence-electron chi connectivity index (χ4n) is 3.00. The molecule has 10 heteroatoms. The standard InChI is InChI=1S/C22H21ClN2O6S/c1-30-18-6-3-2-5-15(18)13-24-21(26)22(27)25-14-20(19-7-4-12-31-19)32(28,29)17-10-8-16(23)9-11-17/h2-12,20H,13-14H2,1H3,(H,24,26)(H,25,27)/t20-/m0/s1. The zero-order chi connectivity index (χ0) is 23.1. The van der Waals surface area contributed by atoms with Gasteiger partial charge in [-0.05, 0) is 42.5 Å². The van der Waals surface area contributed by atoms with Crippen LogP contribution in [-0.2, 0) is 26.0 Å². The van der Waals surface area contributed by atoms with Crippen LogP contribution in [0, 0.1) is 0 Å². The molecule has 0 saturated carbocycles. The predicted octanol–water partition coefficient (Wildman–Crippen LogP) is 2.89. The lowest BCUT2D eigenvalue weighted by molar-refractivity contribution is -0.139. The topological polar surface area (TPSA) is 115 Å². The Morgan fingerprint density at radius 3 is 2.34 bits per heavy atom. The van der Waals surface area contributed by atoms with E-state index in [0.29, 0.717) is 16.3 Å². The van der Waals surface area contributed by atoms with Crippen LogP contribution in [0.2, 0.25) is 5.02 Å². The van der Waals surface area contributed by atoms with Crippen LogP contribution < -0.4 is 15.4 Å². The number of hydrogen-bond donors (Lipinski definition) is 2. The van der Waals surface area contributed by atoms with E-state index in [0.717, 1.165) is 0 Å². The maximum absolute atomic E-state index is 13.1. The van der Waals surface area contributed by atoms with Gasteiger partial charge < -0.3 is 19.8 Å². The fourth-order valence-corrected chi connectivity index (χ4v) is 4.71. The number of hydrogen-bond acceptors (Lipinski definition) is 6. The summed E-state index contributed by atoms with van der Waals surface area (Å²) in [4.78, 5) is 24.5. The van der Waals surface area contributed by atoms with Crippen molar-refractivity contribution >= 4 is 33.3 Å². The predicted molar refractivity (Wildman–Crippen MR) is 118 cm³/mol. The van der Waals surface area contributed by atoms with Gasteiger partial charge in [-0.3, -0.25) is 9.59 Å². The van der Waals surface area contributed by atoms with Gasteiger partial charge in [0.1, 0.15) is 16.8 Å². The number of methoxy groups -OCH3 is 1. The third-order valence-corrected chi connectivity index (χ3v) is 6.99. The summed E-state index contributed by atoms with van der Waals surface area (Å²) in [6, 6.07) is 15.7. The summed E-state index contributed by atoms with van der Waals surface area (Å²) in [6.45, 7) is -0.291. The van der Waals surface area contributed by atoms with Crippen molar-refractivity contribution in [3.8, 4) is 5.75 Å². The van der Waals surface area contributed by atoms with Crippen LogP contribution in [0.1, 0.15) is 16.6 Å². The monoisotopic (exact) mass is 476 g/mol. The van der Waals surface area contributed by atoms with E-state index in [2.05, 4.69) is 10.6 Å². The lowest BCUT2D eigenvalue weighted by atomic mass is 10.2. The van der Waals surface area contributed by atoms with Crippen LogP contribution in [-0.4, -0.2) is 33.9 Å². The average molecular weight is 477 g/mol. The highest BCUT2D eigenvalue weighted by molar-refractivity contribution is 7.91. The van der Waals surface area contributed by atoms with Crippen LogP contribution in [0.4, 0.5) is 0 Å². The number of rotatable bonds is 8. The fraction of sp³-hybridized carbons (Fsp3) is 0.182. The largest absolute Gasteiger partial charge is 0.496 e. The van der Waals surface area contributed by atoms with Crippen molar-refractivity contribution in [2.45, 2.75) is 16.7 Å². The summed E-state index contributed by atoms with van der Waals surface area (Å²) >= 11 is 5.85. The van der Waals surface area contributed by atoms with E-state index in [1.54, 1.807) is 30.3 Å². The summed E-state index contributed by atoms with van der Waals surface area (Å²) in [5, 5.41) is 4.02. The number of carbonyl (C=O) groups excluding carboxylic acids is 2. The summed E-state index contributed by atoms with van der Waals surface area (Å²) in [6.07, 6.45) is 1.33. The van der Waals surface area contributed by atoms with Gasteiger partial charge in [0.25, 0.3) is 0 Å². The van der Waals surface area contributed by atoms with Crippen LogP contribution >= 0.6 is 11.6 Å². The smallest absolute Gasteiger partial charge is 0.309 e. The molecule has 2 aromatic carbocycles. The first-order valence-corrected chi connectivity index (χ1v) is 11.5. The third kappa shape index (κ3) is 5.49. The molecule has 32 heavy (non-hydrogen) atoms. The first kappa shape index (κ1) is 23.4. The minimum Gasteiger partial charge on any atom is -0.496 e. The number of sulfone groups is 1. The highest BCUT2D eigenvalue weighted by Gasteiger charge is 2.32. The minimum atomic E-state index is -3.94. The van der Waals surface area contributed by atoms with Crippen molar-refractivity contribution < 1.29 is 27.2 Å². The van der Waals surface area contributed by atoms with Gasteiger partial charge in [0.15, 0.2) is 9.84 Å². The number of halogens is 1. The number of benzene rings is 2. The van der Waals surface area contributed by atoms with Crippen molar-refractivity contribution in [1.29, 1.82) is 0 Å². The van der Waals surface area contributed by atoms with Crippen molar-refractivity contribution in [2.75, 3.05) is 13.7 Å². The van der Waals surface area contributed by atoms with Gasteiger partial charge in [-0.1, -0.05) is 29.8 Å². The highest BCUT2D eigenvalue weighted by Crippen LogP contribution is 2.29. The van der Waals surface area contributed by atoms with Gasteiger partial charge in [-0.25, -0.2) is 8.42 Å². The SMILES string of the molecule is COc1ccccc1CNC(=O)C(=O)NC[C@@H](c1ccco1)S(=O)(=O)c1ccc(Cl)cc1. The molecule has 1 aromatic heterocycles. The van der Waals surface area contributed by atoms with Gasteiger partial charge in [0, 0.05) is 23.7 Å². The summed E-state index contributed by atoms with van der Waals surface area (Å²) in [7, 11) is -2.44. The second-order valence-corrected chi connectivity index (χ2v) is 9.27. The van der Waals surface area contributed by atoms with Crippen molar-refractivity contribution in [2.24, 2.45) is 0 Å². The number of para-hydroxylation sites is 1. The van der Waals surface area contributed by atoms with Gasteiger partial charge in [0.2, 0.25) is 0 Å². The zero-order valence-electron chi connectivity index (χ0n) is 17.1. The van der Waals surface area contributed by atoms with Gasteiger partial charge in [-0.15, -0.1) is 0 Å². The number of furan rings is 1. The molecule has 3 rings (SSSR count). The molecule has 0 spiro atoms. The van der Waals surface area contributed by atoms with E-state index >= 15 is 0 Å². The molecule has 2 amide bonds. The first-order valence-electron chi connectivity index (χ1n) is 9.53. The van der Waals surface area contributed by atoms with E-state index in [-0.39, 0.29) is 23.7 Å². The van der Waals surface area contributed by atoms with E-state index in [1.807, 2.05) is 0 Å². The Balaban J connectivity index is 1.69. The Hall–Kier alpha value is -3.30. The molecule has 1 atom stereocenters. The van der Waals surface area contributed by atoms with Crippen LogP contribution in [0.5, 0.6) is 5.75 Å². The Kier molecular flexibility index (Phi) is 7.55.